The van der Waals surface area contributed by atoms with Crippen molar-refractivity contribution in [2.75, 3.05) is 0 Å². The summed E-state index contributed by atoms with van der Waals surface area (Å²) in [6, 6.07) is 3.21. The minimum Gasteiger partial charge on any atom is -0.289 e. The van der Waals surface area contributed by atoms with Gasteiger partial charge in [0.1, 0.15) is 0 Å². The van der Waals surface area contributed by atoms with Crippen molar-refractivity contribution in [1.82, 2.24) is 10.4 Å². The summed E-state index contributed by atoms with van der Waals surface area (Å²) >= 11 is 1.98. The highest BCUT2D eigenvalue weighted by Gasteiger charge is 2.11. The van der Waals surface area contributed by atoms with Gasteiger partial charge in [-0.05, 0) is 40.8 Å². The lowest BCUT2D eigenvalue weighted by atomic mass is 10.0. The van der Waals surface area contributed by atoms with Gasteiger partial charge in [-0.3, -0.25) is 14.6 Å². The molecule has 0 spiro atoms. The lowest BCUT2D eigenvalue weighted by molar-refractivity contribution is -0.110. The molecule has 5 nitrogen and oxygen atoms in total. The van der Waals surface area contributed by atoms with Crippen LogP contribution in [-0.4, -0.2) is 22.9 Å². The second-order valence-corrected chi connectivity index (χ2v) is 4.93. The van der Waals surface area contributed by atoms with Gasteiger partial charge < -0.3 is 0 Å². The average Bonchev–Trinajstić information content (AvgIpc) is 2.43. The number of ketones is 1. The fraction of sp³-hybridized carbons (Fsp3) is 0.0769. The van der Waals surface area contributed by atoms with Crippen LogP contribution in [0.2, 0.25) is 0 Å². The predicted molar refractivity (Wildman–Crippen MR) is 79.9 cm³/mol. The molecular formula is C13H10IN3O2. The largest absolute Gasteiger partial charge is 0.289 e. The van der Waals surface area contributed by atoms with Crippen molar-refractivity contribution in [1.29, 1.82) is 0 Å². The number of allylic oxidation sites excluding steroid dienone is 4. The molecule has 1 N–H and O–H groups in total. The Balaban J connectivity index is 1.93. The summed E-state index contributed by atoms with van der Waals surface area (Å²) in [4.78, 5) is 26.7. The third-order valence-corrected chi connectivity index (χ3v) is 3.29. The van der Waals surface area contributed by atoms with Crippen LogP contribution < -0.4 is 5.43 Å². The van der Waals surface area contributed by atoms with E-state index in [1.807, 2.05) is 22.6 Å². The van der Waals surface area contributed by atoms with Gasteiger partial charge in [0.15, 0.2) is 5.78 Å². The fourth-order valence-corrected chi connectivity index (χ4v) is 2.02. The number of hydrogen-bond acceptors (Lipinski definition) is 4. The van der Waals surface area contributed by atoms with Crippen molar-refractivity contribution in [2.45, 2.75) is 0 Å². The van der Waals surface area contributed by atoms with Crippen LogP contribution in [0.3, 0.4) is 0 Å². The van der Waals surface area contributed by atoms with Gasteiger partial charge in [0.25, 0.3) is 5.91 Å². The Hall–Kier alpha value is -1.83. The molecule has 0 fully saturated rings. The van der Waals surface area contributed by atoms with E-state index in [0.29, 0.717) is 9.14 Å². The molecule has 1 aromatic rings. The van der Waals surface area contributed by atoms with Crippen molar-refractivity contribution in [3.8, 4) is 0 Å². The Morgan fingerprint density at radius 1 is 1.42 bits per heavy atom. The van der Waals surface area contributed by atoms with E-state index in [1.54, 1.807) is 42.9 Å². The number of nitrogens with one attached hydrogen (secondary N) is 1. The van der Waals surface area contributed by atoms with E-state index in [9.17, 15) is 9.59 Å². The number of carbonyl (C=O) groups is 2. The van der Waals surface area contributed by atoms with Crippen LogP contribution in [0.5, 0.6) is 0 Å². The van der Waals surface area contributed by atoms with Gasteiger partial charge >= 0.3 is 0 Å². The first-order chi connectivity index (χ1) is 9.16. The molecular weight excluding hydrogens is 357 g/mol. The number of carbonyl (C=O) groups excluding carboxylic acids is 2. The second-order valence-electron chi connectivity index (χ2n) is 3.77. The molecule has 1 aliphatic carbocycles. The minimum absolute atomic E-state index is 0.00827. The van der Waals surface area contributed by atoms with E-state index in [4.69, 9.17) is 0 Å². The summed E-state index contributed by atoms with van der Waals surface area (Å²) in [5.41, 5.74) is 2.92. The molecule has 0 saturated heterocycles. The Labute approximate surface area is 123 Å². The topological polar surface area (TPSA) is 71.4 Å². The summed E-state index contributed by atoms with van der Waals surface area (Å²) in [5.74, 6) is -0.387. The number of hydrogen-bond donors (Lipinski definition) is 1. The molecule has 1 unspecified atom stereocenters. The van der Waals surface area contributed by atoms with E-state index in [-0.39, 0.29) is 17.6 Å². The summed E-state index contributed by atoms with van der Waals surface area (Å²) in [7, 11) is 0. The first-order valence-electron chi connectivity index (χ1n) is 5.50. The lowest BCUT2D eigenvalue weighted by Gasteiger charge is -2.06. The molecule has 0 bridgehead atoms. The smallest absolute Gasteiger partial charge is 0.271 e. The zero-order chi connectivity index (χ0) is 13.7. The molecule has 2 rings (SSSR count). The van der Waals surface area contributed by atoms with Crippen LogP contribution in [0.25, 0.3) is 0 Å². The molecule has 1 aliphatic rings. The number of nitrogens with zero attached hydrogens (tertiary/aromatic N) is 2. The van der Waals surface area contributed by atoms with E-state index in [0.717, 1.165) is 0 Å². The maximum Gasteiger partial charge on any atom is 0.271 e. The SMILES string of the molecule is O=C1C=CC(C=NNC(=O)c2ccncc2)C=C1I. The van der Waals surface area contributed by atoms with E-state index >= 15 is 0 Å². The predicted octanol–water partition coefficient (Wildman–Crippen LogP) is 1.87. The number of rotatable bonds is 3. The zero-order valence-corrected chi connectivity index (χ0v) is 11.9. The Bertz CT molecular complexity index is 579. The highest BCUT2D eigenvalue weighted by molar-refractivity contribution is 14.1. The second kappa shape index (κ2) is 6.37. The summed E-state index contributed by atoms with van der Waals surface area (Å²) in [5, 5.41) is 3.88. The minimum atomic E-state index is -0.298. The maximum absolute atomic E-state index is 11.7. The fourth-order valence-electron chi connectivity index (χ4n) is 1.43. The van der Waals surface area contributed by atoms with Crippen LogP contribution in [0.15, 0.2) is 51.4 Å². The highest BCUT2D eigenvalue weighted by Crippen LogP contribution is 2.17. The van der Waals surface area contributed by atoms with Gasteiger partial charge in [-0.15, -0.1) is 0 Å². The standard InChI is InChI=1S/C13H10IN3O2/c14-11-7-9(1-2-12(11)18)8-16-17-13(19)10-3-5-15-6-4-10/h1-9H,(H,17,19). The van der Waals surface area contributed by atoms with E-state index in [2.05, 4.69) is 15.5 Å². The van der Waals surface area contributed by atoms with E-state index < -0.39 is 0 Å². The molecule has 0 radical (unpaired) electrons. The monoisotopic (exact) mass is 367 g/mol. The molecule has 0 aliphatic heterocycles. The molecule has 96 valence electrons. The third kappa shape index (κ3) is 3.82. The molecule has 1 amide bonds. The lowest BCUT2D eigenvalue weighted by Crippen LogP contribution is -2.18. The van der Waals surface area contributed by atoms with Crippen molar-refractivity contribution in [3.63, 3.8) is 0 Å². The number of aromatic nitrogens is 1. The van der Waals surface area contributed by atoms with Crippen molar-refractivity contribution >= 4 is 40.5 Å². The van der Waals surface area contributed by atoms with Crippen LogP contribution in [0.4, 0.5) is 0 Å². The average molecular weight is 367 g/mol. The van der Waals surface area contributed by atoms with Gasteiger partial charge in [0, 0.05) is 30.1 Å². The zero-order valence-electron chi connectivity index (χ0n) is 9.79. The highest BCUT2D eigenvalue weighted by atomic mass is 127. The third-order valence-electron chi connectivity index (χ3n) is 2.40. The van der Waals surface area contributed by atoms with Gasteiger partial charge in [-0.1, -0.05) is 12.2 Å². The summed E-state index contributed by atoms with van der Waals surface area (Å²) < 4.78 is 0.650. The summed E-state index contributed by atoms with van der Waals surface area (Å²) in [6.45, 7) is 0. The Morgan fingerprint density at radius 2 is 2.16 bits per heavy atom. The van der Waals surface area contributed by atoms with Crippen LogP contribution in [0, 0.1) is 5.92 Å². The number of halogens is 1. The number of pyridine rings is 1. The quantitative estimate of drug-likeness (QED) is 0.504. The number of hydrazone groups is 1. The normalized spacial score (nSPS) is 18.5. The Kier molecular flexibility index (Phi) is 4.56. The van der Waals surface area contributed by atoms with Gasteiger partial charge in [-0.25, -0.2) is 5.43 Å². The number of amides is 1. The molecule has 0 saturated carbocycles. The first-order valence-corrected chi connectivity index (χ1v) is 6.58. The molecule has 6 heteroatoms. The van der Waals surface area contributed by atoms with Crippen LogP contribution in [0.1, 0.15) is 10.4 Å². The molecule has 1 atom stereocenters. The summed E-state index contributed by atoms with van der Waals surface area (Å²) in [6.07, 6.45) is 9.67. The van der Waals surface area contributed by atoms with Gasteiger partial charge in [-0.2, -0.15) is 5.10 Å². The molecule has 19 heavy (non-hydrogen) atoms. The van der Waals surface area contributed by atoms with Crippen molar-refractivity contribution in [3.05, 3.63) is 51.9 Å². The van der Waals surface area contributed by atoms with E-state index in [1.165, 1.54) is 6.08 Å². The Morgan fingerprint density at radius 3 is 2.84 bits per heavy atom. The first kappa shape index (κ1) is 13.6. The molecule has 1 heterocycles. The maximum atomic E-state index is 11.7. The van der Waals surface area contributed by atoms with Crippen molar-refractivity contribution in [2.24, 2.45) is 11.0 Å². The van der Waals surface area contributed by atoms with Gasteiger partial charge in [0.2, 0.25) is 0 Å². The van der Waals surface area contributed by atoms with Crippen LogP contribution in [-0.2, 0) is 4.79 Å². The van der Waals surface area contributed by atoms with Gasteiger partial charge in [0.05, 0.1) is 3.58 Å². The molecule has 0 aromatic carbocycles. The molecule has 1 aromatic heterocycles. The van der Waals surface area contributed by atoms with Crippen molar-refractivity contribution < 1.29 is 9.59 Å². The van der Waals surface area contributed by atoms with Crippen LogP contribution >= 0.6 is 22.6 Å².